The number of hydrogen-bond acceptors (Lipinski definition) is 24. The second-order valence-electron chi connectivity index (χ2n) is 30.2. The van der Waals surface area contributed by atoms with Gasteiger partial charge in [0.1, 0.15) is 73.0 Å². The minimum atomic E-state index is -1.66. The molecule has 0 unspecified atom stereocenters. The first-order valence-corrected chi connectivity index (χ1v) is 43.2. The molecule has 124 heavy (non-hydrogen) atoms. The molecule has 16 N–H and O–H groups in total. The van der Waals surface area contributed by atoms with E-state index in [1.165, 1.54) is 59.3 Å². The number of rotatable bonds is 40. The number of aliphatic carboxylic acids is 2. The SMILES string of the molecule is CSCC[C@H](NC(=O)[C@@H]1CCCN1C(=O)[C@H](C)NC(=O)CNC(=O)[C@H](CC(=O)O)NC(=O)OCC1c2ccccc2-c2ccccc21)C(=O)NCCNc1ccc(NCCNC(=O)[C@H](CCSC)NC(=O)[C@@H]2CCCN2C(=O)[C@H](C)NC(=O)CNC(=O)[C@H](CC(=O)O)NC(=O)OCC2c3ccccc3-c3ccccc32)c2c1C(=O)c1c(O)ccc(O)c1C2=O. The van der Waals surface area contributed by atoms with E-state index in [1.807, 2.05) is 97.1 Å². The van der Waals surface area contributed by atoms with Gasteiger partial charge in [-0.25, -0.2) is 9.59 Å². The lowest BCUT2D eigenvalue weighted by Gasteiger charge is -2.28. The van der Waals surface area contributed by atoms with Gasteiger partial charge < -0.3 is 104 Å². The molecular weight excluding hydrogens is 1650 g/mol. The van der Waals surface area contributed by atoms with Crippen LogP contribution in [0.3, 0.4) is 0 Å². The summed E-state index contributed by atoms with van der Waals surface area (Å²) in [5, 5.41) is 72.5. The van der Waals surface area contributed by atoms with E-state index in [0.29, 0.717) is 24.3 Å². The van der Waals surface area contributed by atoms with Crippen molar-refractivity contribution < 1.29 is 107 Å². The molecule has 0 bridgehead atoms. The summed E-state index contributed by atoms with van der Waals surface area (Å²) in [7, 11) is 0. The first-order valence-electron chi connectivity index (χ1n) is 40.4. The Hall–Kier alpha value is -13.3. The van der Waals surface area contributed by atoms with E-state index in [4.69, 9.17) is 9.47 Å². The van der Waals surface area contributed by atoms with Gasteiger partial charge in [-0.1, -0.05) is 97.1 Å². The second kappa shape index (κ2) is 42.5. The number of nitrogens with zero attached hydrogens (tertiary/aromatic N) is 2. The van der Waals surface area contributed by atoms with Crippen LogP contribution in [-0.2, 0) is 67.0 Å². The number of thioether (sulfide) groups is 2. The largest absolute Gasteiger partial charge is 0.507 e. The highest BCUT2D eigenvalue weighted by Crippen LogP contribution is 2.47. The quantitative estimate of drug-likeness (QED) is 0.0193. The van der Waals surface area contributed by atoms with Crippen molar-refractivity contribution in [3.8, 4) is 33.8 Å². The molecule has 6 aromatic rings. The lowest BCUT2D eigenvalue weighted by atomic mass is 9.81. The molecular formula is C86H98N14O22S2. The van der Waals surface area contributed by atoms with Crippen molar-refractivity contribution in [2.75, 3.05) is 100 Å². The van der Waals surface area contributed by atoms with Gasteiger partial charge in [-0.15, -0.1) is 0 Å². The van der Waals surface area contributed by atoms with E-state index in [2.05, 4.69) is 63.8 Å². The average Bonchev–Trinajstić information content (AvgIpc) is 1.04. The third-order valence-corrected chi connectivity index (χ3v) is 23.2. The Morgan fingerprint density at radius 3 is 1.10 bits per heavy atom. The third kappa shape index (κ3) is 22.1. The normalized spacial score (nSPS) is 16.1. The van der Waals surface area contributed by atoms with Crippen molar-refractivity contribution in [3.05, 3.63) is 166 Å². The van der Waals surface area contributed by atoms with Crippen LogP contribution in [-0.4, -0.2) is 263 Å². The van der Waals surface area contributed by atoms with E-state index in [1.54, 1.807) is 12.5 Å². The van der Waals surface area contributed by atoms with Gasteiger partial charge in [0, 0.05) is 62.5 Å². The molecule has 6 aromatic carbocycles. The van der Waals surface area contributed by atoms with Gasteiger partial charge in [-0.3, -0.25) is 67.1 Å². The van der Waals surface area contributed by atoms with Gasteiger partial charge in [-0.2, -0.15) is 23.5 Å². The van der Waals surface area contributed by atoms with Gasteiger partial charge in [-0.05, 0) is 145 Å². The number of alkyl carbamates (subject to hydrolysis) is 2. The average molecular weight is 1740 g/mol. The Bertz CT molecular complexity index is 4730. The van der Waals surface area contributed by atoms with Gasteiger partial charge in [0.05, 0.1) is 48.2 Å². The molecule has 5 aliphatic rings. The summed E-state index contributed by atoms with van der Waals surface area (Å²) in [6, 6.07) is 25.4. The molecule has 2 saturated heterocycles. The molecule has 0 aromatic heterocycles. The van der Waals surface area contributed by atoms with Crippen LogP contribution in [0.25, 0.3) is 22.3 Å². The molecule has 656 valence electrons. The number of aromatic hydroxyl groups is 2. The summed E-state index contributed by atoms with van der Waals surface area (Å²) in [6.07, 6.45) is 1.22. The monoisotopic (exact) mass is 1740 g/mol. The predicted molar refractivity (Wildman–Crippen MR) is 455 cm³/mol. The van der Waals surface area contributed by atoms with Crippen molar-refractivity contribution in [2.45, 2.75) is 125 Å². The third-order valence-electron chi connectivity index (χ3n) is 21.9. The van der Waals surface area contributed by atoms with E-state index in [9.17, 15) is 97.1 Å². The van der Waals surface area contributed by atoms with Crippen molar-refractivity contribution in [2.24, 2.45) is 0 Å². The summed E-state index contributed by atoms with van der Waals surface area (Å²) in [6.45, 7) is 0.836. The molecule has 2 fully saturated rings. The maximum absolute atomic E-state index is 14.5. The van der Waals surface area contributed by atoms with Crippen LogP contribution in [0.5, 0.6) is 11.5 Å². The fraction of sp³-hybridized carbons (Fsp3) is 0.395. The Morgan fingerprint density at radius 1 is 0.427 bits per heavy atom. The van der Waals surface area contributed by atoms with Crippen LogP contribution in [0, 0.1) is 0 Å². The number of benzene rings is 6. The minimum Gasteiger partial charge on any atom is -0.507 e. The minimum absolute atomic E-state index is 0.0814. The number of ketones is 2. The standard InChI is InChI=1S/C86H98N14O22S2/c1-45(93-67(103)41-91-79(113)61(39-69(105)106)97-85(119)121-43-55-51-19-9-5-15-47(51)48-16-6-10-20-52(48)55)83(117)99-35-13-23-63(99)81(115)95-59(29-37-123-3)77(111)89-33-31-87-57-25-26-58(72-71(57)75(109)73-65(101)27-28-66(102)74(73)76(72)110)88-32-34-90-78(112)60(30-38-124-4)96-82(116)64-24-14-36-100(64)84(118)46(2)94-68(104)42-92-80(114)62(40-70(107)108)98-86(120)122-44-56-53-21-11-7-17-49(53)50-18-8-12-22-54(50)56/h5-12,15-22,25-28,45-46,55-56,59-64,87-88,101-102H,13-14,23-24,29-44H2,1-4H3,(H,89,111)(H,90,112)(H,91,113)(H,92,114)(H,93,103)(H,94,104)(H,95,115)(H,96,116)(H,97,119)(H,98,120)(H,105,106)(H,107,108)/t45-,46-,59-,60-,61-,62-,63-,64-/m0/s1. The lowest BCUT2D eigenvalue weighted by molar-refractivity contribution is -0.142. The van der Waals surface area contributed by atoms with Crippen LogP contribution in [0.1, 0.15) is 131 Å². The molecule has 38 heteroatoms. The van der Waals surface area contributed by atoms with Crippen LogP contribution in [0.4, 0.5) is 21.0 Å². The molecule has 11 rings (SSSR count). The highest BCUT2D eigenvalue weighted by atomic mass is 32.2. The fourth-order valence-electron chi connectivity index (χ4n) is 15.9. The first-order chi connectivity index (χ1) is 59.6. The summed E-state index contributed by atoms with van der Waals surface area (Å²) < 4.78 is 11.0. The number of nitrogens with one attached hydrogen (secondary N) is 12. The number of carboxylic acids is 2. The number of phenols is 2. The smallest absolute Gasteiger partial charge is 0.407 e. The molecule has 36 nitrogen and oxygen atoms in total. The van der Waals surface area contributed by atoms with E-state index >= 15 is 0 Å². The maximum atomic E-state index is 14.5. The molecule has 12 amide bonds. The molecule has 2 heterocycles. The molecule has 2 aliphatic heterocycles. The maximum Gasteiger partial charge on any atom is 0.407 e. The summed E-state index contributed by atoms with van der Waals surface area (Å²) in [4.78, 5) is 218. The highest BCUT2D eigenvalue weighted by molar-refractivity contribution is 7.98. The zero-order chi connectivity index (χ0) is 89.0. The van der Waals surface area contributed by atoms with Crippen LogP contribution in [0.15, 0.2) is 121 Å². The van der Waals surface area contributed by atoms with Gasteiger partial charge >= 0.3 is 24.1 Å². The molecule has 8 atom stereocenters. The van der Waals surface area contributed by atoms with Gasteiger partial charge in [0.25, 0.3) is 0 Å². The molecule has 0 radical (unpaired) electrons. The molecule has 0 spiro atoms. The summed E-state index contributed by atoms with van der Waals surface area (Å²) >= 11 is 2.80. The number of likely N-dealkylation sites (tertiary alicyclic amines) is 2. The first kappa shape index (κ1) is 91.5. The Kier molecular flexibility index (Phi) is 31.4. The number of carbonyl (C=O) groups excluding carboxylic acids is 14. The van der Waals surface area contributed by atoms with E-state index in [0.717, 1.165) is 56.6 Å². The van der Waals surface area contributed by atoms with Crippen molar-refractivity contribution >= 4 is 130 Å². The number of phenolic OH excluding ortho intramolecular Hbond substituents is 2. The van der Waals surface area contributed by atoms with Crippen molar-refractivity contribution in [3.63, 3.8) is 0 Å². The highest BCUT2D eigenvalue weighted by Gasteiger charge is 2.43. The topological polar surface area (TPSA) is 523 Å². The zero-order valence-electron chi connectivity index (χ0n) is 68.3. The number of ether oxygens (including phenoxy) is 2. The molecule has 3 aliphatic carbocycles. The second-order valence-corrected chi connectivity index (χ2v) is 32.1. The number of carboxylic acid groups (broad SMARTS) is 2. The van der Waals surface area contributed by atoms with Gasteiger partial charge in [0.2, 0.25) is 70.6 Å². The number of carbonyl (C=O) groups is 16. The number of fused-ring (bicyclic) bond motifs is 8. The number of hydrogen-bond donors (Lipinski definition) is 16. The Morgan fingerprint density at radius 2 is 0.766 bits per heavy atom. The van der Waals surface area contributed by atoms with Crippen LogP contribution < -0.4 is 63.8 Å². The lowest BCUT2D eigenvalue weighted by Crippen LogP contribution is -2.56. The van der Waals surface area contributed by atoms with E-state index in [-0.39, 0.29) is 113 Å². The molecule has 0 saturated carbocycles. The Balaban J connectivity index is 0.633. The van der Waals surface area contributed by atoms with Crippen molar-refractivity contribution in [1.29, 1.82) is 0 Å². The Labute approximate surface area is 720 Å². The van der Waals surface area contributed by atoms with Crippen molar-refractivity contribution in [1.82, 2.24) is 63.0 Å². The predicted octanol–water partition coefficient (Wildman–Crippen LogP) is 3.39. The van der Waals surface area contributed by atoms with Crippen LogP contribution >= 0.6 is 23.5 Å². The van der Waals surface area contributed by atoms with Crippen LogP contribution in [0.2, 0.25) is 0 Å². The summed E-state index contributed by atoms with van der Waals surface area (Å²) in [5.74, 6) is -13.2. The number of anilines is 2. The fourth-order valence-corrected chi connectivity index (χ4v) is 16.9. The number of amides is 12. The summed E-state index contributed by atoms with van der Waals surface area (Å²) in [5.41, 5.74) is 6.41. The van der Waals surface area contributed by atoms with E-state index < -0.39 is 192 Å². The van der Waals surface area contributed by atoms with Gasteiger partial charge in [0.15, 0.2) is 0 Å². The zero-order valence-corrected chi connectivity index (χ0v) is 69.9.